The quantitative estimate of drug-likeness (QED) is 0.557. The van der Waals surface area contributed by atoms with Gasteiger partial charge in [-0.25, -0.2) is 4.21 Å². The average molecular weight is 155 g/mol. The Morgan fingerprint density at radius 2 is 2.00 bits per heavy atom. The van der Waals surface area contributed by atoms with Gasteiger partial charge in [0.25, 0.3) is 0 Å². The second-order valence-corrected chi connectivity index (χ2v) is 4.73. The molecule has 0 saturated carbocycles. The maximum absolute atomic E-state index is 10.6. The highest BCUT2D eigenvalue weighted by Gasteiger charge is 2.21. The van der Waals surface area contributed by atoms with Crippen LogP contribution in [0, 0.1) is 0 Å². The van der Waals surface area contributed by atoms with Gasteiger partial charge < -0.3 is 0 Å². The summed E-state index contributed by atoms with van der Waals surface area (Å²) in [6.07, 6.45) is 0.850. The summed E-state index contributed by atoms with van der Waals surface area (Å²) in [5, 5.41) is 0. The third-order valence-electron chi connectivity index (χ3n) is 1.29. The molecule has 0 aromatic carbocycles. The standard InChI is InChI=1S/C5H11ClOS/c1-4-5(2,3)8(6)7/h4H2,1-3H3. The predicted octanol–water partition coefficient (Wildman–Crippen LogP) is 2.08. The van der Waals surface area contributed by atoms with Crippen LogP contribution in [-0.2, 0) is 10.0 Å². The van der Waals surface area contributed by atoms with E-state index in [4.69, 9.17) is 10.7 Å². The molecule has 1 unspecified atom stereocenters. The molecular weight excluding hydrogens is 144 g/mol. The molecule has 0 spiro atoms. The normalized spacial score (nSPS) is 16.0. The molecule has 0 saturated heterocycles. The highest BCUT2D eigenvalue weighted by molar-refractivity contribution is 8.09. The van der Waals surface area contributed by atoms with Gasteiger partial charge in [-0.2, -0.15) is 0 Å². The lowest BCUT2D eigenvalue weighted by atomic mass is 10.1. The summed E-state index contributed by atoms with van der Waals surface area (Å²) in [7, 11) is 4.14. The third-order valence-corrected chi connectivity index (χ3v) is 3.70. The van der Waals surface area contributed by atoms with Crippen molar-refractivity contribution in [2.24, 2.45) is 0 Å². The summed E-state index contributed by atoms with van der Waals surface area (Å²) < 4.78 is 10.4. The van der Waals surface area contributed by atoms with E-state index in [2.05, 4.69) is 0 Å². The molecule has 0 aliphatic carbocycles. The largest absolute Gasteiger partial charge is 0.242 e. The zero-order valence-corrected chi connectivity index (χ0v) is 6.97. The maximum atomic E-state index is 10.6. The zero-order chi connectivity index (χ0) is 6.78. The Hall–Kier alpha value is 0.440. The van der Waals surface area contributed by atoms with E-state index in [1.165, 1.54) is 0 Å². The summed E-state index contributed by atoms with van der Waals surface area (Å²) in [6.45, 7) is 5.74. The van der Waals surface area contributed by atoms with Crippen LogP contribution in [0.25, 0.3) is 0 Å². The van der Waals surface area contributed by atoms with Gasteiger partial charge in [-0.15, -0.1) is 0 Å². The van der Waals surface area contributed by atoms with Crippen LogP contribution in [0.2, 0.25) is 0 Å². The van der Waals surface area contributed by atoms with Gasteiger partial charge in [0.2, 0.25) is 0 Å². The van der Waals surface area contributed by atoms with Crippen molar-refractivity contribution in [2.75, 3.05) is 0 Å². The molecule has 0 N–H and O–H groups in total. The molecule has 1 atom stereocenters. The van der Waals surface area contributed by atoms with Crippen LogP contribution < -0.4 is 0 Å². The van der Waals surface area contributed by atoms with Crippen molar-refractivity contribution in [3.63, 3.8) is 0 Å². The van der Waals surface area contributed by atoms with Gasteiger partial charge >= 0.3 is 0 Å². The van der Waals surface area contributed by atoms with Crippen molar-refractivity contribution >= 4 is 20.7 Å². The lowest BCUT2D eigenvalue weighted by Gasteiger charge is -2.15. The molecular formula is C5H11ClOS. The van der Waals surface area contributed by atoms with Crippen molar-refractivity contribution in [1.82, 2.24) is 0 Å². The molecule has 0 heterocycles. The van der Waals surface area contributed by atoms with Crippen LogP contribution in [0.3, 0.4) is 0 Å². The minimum Gasteiger partial charge on any atom is -0.242 e. The first kappa shape index (κ1) is 8.44. The SMILES string of the molecule is CCC(C)(C)S(=O)Cl. The molecule has 0 fully saturated rings. The molecule has 0 rings (SSSR count). The number of hydrogen-bond donors (Lipinski definition) is 0. The van der Waals surface area contributed by atoms with E-state index in [0.717, 1.165) is 6.42 Å². The van der Waals surface area contributed by atoms with Crippen LogP contribution in [0.15, 0.2) is 0 Å². The first-order chi connectivity index (χ1) is 3.50. The summed E-state index contributed by atoms with van der Waals surface area (Å²) in [5.41, 5.74) is 0. The Kier molecular flexibility index (Phi) is 2.99. The van der Waals surface area contributed by atoms with E-state index >= 15 is 0 Å². The highest BCUT2D eigenvalue weighted by Crippen LogP contribution is 2.19. The van der Waals surface area contributed by atoms with Crippen molar-refractivity contribution in [3.8, 4) is 0 Å². The summed E-state index contributed by atoms with van der Waals surface area (Å²) in [4.78, 5) is 0. The number of rotatable bonds is 2. The van der Waals surface area contributed by atoms with Crippen LogP contribution in [0.1, 0.15) is 27.2 Å². The van der Waals surface area contributed by atoms with Crippen molar-refractivity contribution in [1.29, 1.82) is 0 Å². The number of hydrogen-bond acceptors (Lipinski definition) is 1. The Morgan fingerprint density at radius 1 is 1.62 bits per heavy atom. The minimum atomic E-state index is -1.20. The van der Waals surface area contributed by atoms with Crippen LogP contribution in [-0.4, -0.2) is 8.96 Å². The van der Waals surface area contributed by atoms with E-state index < -0.39 is 10.0 Å². The first-order valence-corrected chi connectivity index (χ1v) is 4.56. The van der Waals surface area contributed by atoms with E-state index in [-0.39, 0.29) is 4.75 Å². The molecule has 0 aliphatic heterocycles. The van der Waals surface area contributed by atoms with E-state index in [9.17, 15) is 4.21 Å². The highest BCUT2D eigenvalue weighted by atomic mass is 35.7. The van der Waals surface area contributed by atoms with Gasteiger partial charge in [-0.1, -0.05) is 6.92 Å². The lowest BCUT2D eigenvalue weighted by molar-refractivity contribution is 0.624. The molecule has 0 aromatic rings. The zero-order valence-electron chi connectivity index (χ0n) is 5.40. The molecule has 0 radical (unpaired) electrons. The molecule has 0 aliphatic rings. The monoisotopic (exact) mass is 154 g/mol. The van der Waals surface area contributed by atoms with Crippen molar-refractivity contribution in [2.45, 2.75) is 31.9 Å². The van der Waals surface area contributed by atoms with Crippen LogP contribution in [0.4, 0.5) is 0 Å². The fourth-order valence-corrected chi connectivity index (χ4v) is 0.668. The Morgan fingerprint density at radius 3 is 2.00 bits per heavy atom. The fourth-order valence-electron chi connectivity index (χ4n) is 0.113. The molecule has 3 heteroatoms. The summed E-state index contributed by atoms with van der Waals surface area (Å²) in [5.74, 6) is 0. The Bertz CT molecular complexity index is 101. The van der Waals surface area contributed by atoms with Gasteiger partial charge in [-0.05, 0) is 31.0 Å². The topological polar surface area (TPSA) is 17.1 Å². The molecule has 0 amide bonds. The first-order valence-electron chi connectivity index (χ1n) is 2.59. The predicted molar refractivity (Wildman–Crippen MR) is 38.4 cm³/mol. The maximum Gasteiger partial charge on any atom is 0.120 e. The van der Waals surface area contributed by atoms with Crippen molar-refractivity contribution in [3.05, 3.63) is 0 Å². The molecule has 8 heavy (non-hydrogen) atoms. The van der Waals surface area contributed by atoms with E-state index in [1.807, 2.05) is 20.8 Å². The second-order valence-electron chi connectivity index (χ2n) is 2.34. The van der Waals surface area contributed by atoms with E-state index in [1.54, 1.807) is 0 Å². The Labute approximate surface area is 57.4 Å². The molecule has 1 nitrogen and oxygen atoms in total. The number of halogens is 1. The molecule has 50 valence electrons. The fraction of sp³-hybridized carbons (Fsp3) is 1.00. The van der Waals surface area contributed by atoms with Gasteiger partial charge in [0.15, 0.2) is 0 Å². The average Bonchev–Trinajstić information content (AvgIpc) is 1.67. The third kappa shape index (κ3) is 2.14. The summed E-state index contributed by atoms with van der Waals surface area (Å²) >= 11 is 0. The molecule has 0 aromatic heterocycles. The molecule has 0 bridgehead atoms. The lowest BCUT2D eigenvalue weighted by Crippen LogP contribution is -2.20. The van der Waals surface area contributed by atoms with E-state index in [0.29, 0.717) is 0 Å². The van der Waals surface area contributed by atoms with Crippen molar-refractivity contribution < 1.29 is 4.21 Å². The summed E-state index contributed by atoms with van der Waals surface area (Å²) in [6, 6.07) is 0. The minimum absolute atomic E-state index is 0.221. The van der Waals surface area contributed by atoms with Gasteiger partial charge in [0, 0.05) is 0 Å². The smallest absolute Gasteiger partial charge is 0.120 e. The Balaban J connectivity index is 3.91. The van der Waals surface area contributed by atoms with Crippen LogP contribution >= 0.6 is 10.7 Å². The van der Waals surface area contributed by atoms with Crippen LogP contribution in [0.5, 0.6) is 0 Å². The van der Waals surface area contributed by atoms with Gasteiger partial charge in [0.1, 0.15) is 10.0 Å². The second kappa shape index (κ2) is 2.83. The van der Waals surface area contributed by atoms with Gasteiger partial charge in [-0.3, -0.25) is 0 Å². The van der Waals surface area contributed by atoms with Gasteiger partial charge in [0.05, 0.1) is 4.75 Å².